The van der Waals surface area contributed by atoms with Gasteiger partial charge in [0.25, 0.3) is 11.7 Å². The van der Waals surface area contributed by atoms with E-state index in [1.54, 1.807) is 14.0 Å². The lowest BCUT2D eigenvalue weighted by Crippen LogP contribution is -2.62. The van der Waals surface area contributed by atoms with Gasteiger partial charge >= 0.3 is 5.97 Å². The van der Waals surface area contributed by atoms with Crippen LogP contribution < -0.4 is 0 Å². The Balaban J connectivity index is 1.39. The number of aliphatic hydroxyl groups is 1. The summed E-state index contributed by atoms with van der Waals surface area (Å²) in [5.41, 5.74) is 0.515. The zero-order chi connectivity index (χ0) is 35.3. The smallest absolute Gasteiger partial charge is 0.326 e. The molecule has 2 aliphatic heterocycles. The van der Waals surface area contributed by atoms with Crippen molar-refractivity contribution >= 4 is 23.4 Å². The second-order valence-electron chi connectivity index (χ2n) is 14.5. The fourth-order valence-corrected chi connectivity index (χ4v) is 7.66. The van der Waals surface area contributed by atoms with Gasteiger partial charge in [-0.25, -0.2) is 4.79 Å². The zero-order valence-electron chi connectivity index (χ0n) is 30.0. The Morgan fingerprint density at radius 3 is 2.33 bits per heavy atom. The fraction of sp³-hybridized carbons (Fsp3) is 0.789. The Bertz CT molecular complexity index is 1150. The molecule has 0 radical (unpaired) electrons. The quantitative estimate of drug-likeness (QED) is 0.0970. The van der Waals surface area contributed by atoms with Crippen LogP contribution in [0.3, 0.4) is 0 Å². The molecule has 1 aliphatic carbocycles. The van der Waals surface area contributed by atoms with Gasteiger partial charge in [0.05, 0.1) is 12.2 Å². The van der Waals surface area contributed by atoms with Crippen molar-refractivity contribution in [3.63, 3.8) is 0 Å². The van der Waals surface area contributed by atoms with Gasteiger partial charge in [-0.1, -0.05) is 36.1 Å². The number of Topliss-reactive ketones (excluding diaryl/α,β-unsaturated/α-hetero) is 2. The first-order valence-electron chi connectivity index (χ1n) is 18.3. The highest BCUT2D eigenvalue weighted by molar-refractivity contribution is 6.39. The number of carboxylic acid groups (broad SMARTS) is 1. The van der Waals surface area contributed by atoms with Crippen molar-refractivity contribution in [2.24, 2.45) is 11.8 Å². The van der Waals surface area contributed by atoms with Crippen LogP contribution in [0.5, 0.6) is 0 Å². The van der Waals surface area contributed by atoms with Gasteiger partial charge in [-0.3, -0.25) is 14.4 Å². The van der Waals surface area contributed by atoms with Crippen LogP contribution in [0.1, 0.15) is 130 Å². The van der Waals surface area contributed by atoms with Crippen LogP contribution >= 0.6 is 0 Å². The molecule has 0 aromatic rings. The van der Waals surface area contributed by atoms with Crippen LogP contribution in [0.4, 0.5) is 0 Å². The van der Waals surface area contributed by atoms with Crippen LogP contribution in [0.25, 0.3) is 0 Å². The molecule has 0 aromatic heterocycles. The van der Waals surface area contributed by atoms with E-state index < -0.39 is 41.7 Å². The second kappa shape index (κ2) is 19.7. The van der Waals surface area contributed by atoms with E-state index in [1.165, 1.54) is 25.5 Å². The number of likely N-dealkylation sites (tertiary alicyclic amines) is 1. The number of ketones is 2. The highest BCUT2D eigenvalue weighted by Crippen LogP contribution is 2.38. The number of rotatable bonds is 18. The molecule has 0 bridgehead atoms. The summed E-state index contributed by atoms with van der Waals surface area (Å²) >= 11 is 0. The van der Waals surface area contributed by atoms with E-state index in [-0.39, 0.29) is 31.1 Å². The highest BCUT2D eigenvalue weighted by Gasteiger charge is 2.54. The molecular formula is C38H61NO9. The van der Waals surface area contributed by atoms with E-state index >= 15 is 0 Å². The molecule has 10 heteroatoms. The van der Waals surface area contributed by atoms with Crippen molar-refractivity contribution in [3.05, 3.63) is 23.3 Å². The minimum Gasteiger partial charge on any atom is -0.480 e. The molecule has 7 atom stereocenters. The minimum atomic E-state index is -2.06. The Kier molecular flexibility index (Phi) is 16.4. The molecule has 2 saturated heterocycles. The number of aliphatic carboxylic acids is 1. The van der Waals surface area contributed by atoms with Crippen LogP contribution in [-0.4, -0.2) is 89.5 Å². The maximum Gasteiger partial charge on any atom is 0.326 e. The SMILES string of the molecule is COC1CCCC(C=C(C)CCCCC(=O)CC=C(C)CCCCC2CC(O)(C(=O)C(=O)N3CCCCC3C(=O)O)C(C)OC2OC)C1. The first-order valence-corrected chi connectivity index (χ1v) is 18.3. The largest absolute Gasteiger partial charge is 0.480 e. The maximum atomic E-state index is 13.4. The molecule has 1 amide bonds. The number of hydrogen-bond donors (Lipinski definition) is 2. The molecule has 10 nitrogen and oxygen atoms in total. The third-order valence-corrected chi connectivity index (χ3v) is 10.7. The number of methoxy groups -OCH3 is 2. The Labute approximate surface area is 287 Å². The molecule has 1 saturated carbocycles. The van der Waals surface area contributed by atoms with Crippen molar-refractivity contribution in [1.82, 2.24) is 4.90 Å². The lowest BCUT2D eigenvalue weighted by molar-refractivity contribution is -0.259. The third kappa shape index (κ3) is 11.6. The summed E-state index contributed by atoms with van der Waals surface area (Å²) in [5.74, 6) is -2.57. The standard InChI is InChI=1S/C38H61NO9/c1-26(20-21-31(40)17-9-7-14-27(2)23-29-15-12-18-32(24-29)46-4)13-6-8-16-30-25-38(45,28(3)48-37(30)47-5)34(41)35(42)39-22-11-10-19-33(39)36(43)44/h20,23,28-30,32-33,37,45H,6-19,21-22,24-25H2,1-5H3,(H,43,44). The number of carbonyl (C=O) groups excluding carboxylic acids is 3. The van der Waals surface area contributed by atoms with E-state index in [2.05, 4.69) is 13.0 Å². The van der Waals surface area contributed by atoms with Crippen molar-refractivity contribution in [1.29, 1.82) is 0 Å². The van der Waals surface area contributed by atoms with Gasteiger partial charge < -0.3 is 29.3 Å². The lowest BCUT2D eigenvalue weighted by Gasteiger charge is -2.44. The molecule has 7 unspecified atom stereocenters. The topological polar surface area (TPSA) is 140 Å². The molecule has 3 aliphatic rings. The minimum absolute atomic E-state index is 0.00364. The number of allylic oxidation sites excluding steroid dienone is 4. The molecule has 3 rings (SSSR count). The lowest BCUT2D eigenvalue weighted by atomic mass is 9.77. The maximum absolute atomic E-state index is 13.4. The number of ether oxygens (including phenoxy) is 3. The van der Waals surface area contributed by atoms with Gasteiger partial charge in [-0.05, 0) is 110 Å². The summed E-state index contributed by atoms with van der Waals surface area (Å²) in [5, 5.41) is 21.1. The van der Waals surface area contributed by atoms with E-state index in [0.29, 0.717) is 44.1 Å². The number of unbranched alkanes of at least 4 members (excludes halogenated alkanes) is 2. The van der Waals surface area contributed by atoms with Crippen molar-refractivity contribution in [2.45, 2.75) is 160 Å². The fourth-order valence-electron chi connectivity index (χ4n) is 7.66. The van der Waals surface area contributed by atoms with E-state index in [9.17, 15) is 29.4 Å². The summed E-state index contributed by atoms with van der Waals surface area (Å²) in [6, 6.07) is -1.07. The first-order chi connectivity index (χ1) is 22.9. The number of piperidine rings is 1. The number of carbonyl (C=O) groups is 4. The van der Waals surface area contributed by atoms with Crippen LogP contribution in [0, 0.1) is 11.8 Å². The van der Waals surface area contributed by atoms with Gasteiger partial charge in [0.1, 0.15) is 11.8 Å². The van der Waals surface area contributed by atoms with Gasteiger partial charge in [0.2, 0.25) is 0 Å². The van der Waals surface area contributed by atoms with Gasteiger partial charge in [0.15, 0.2) is 11.9 Å². The average Bonchev–Trinajstić information content (AvgIpc) is 3.08. The summed E-state index contributed by atoms with van der Waals surface area (Å²) in [6.07, 6.45) is 16.6. The van der Waals surface area contributed by atoms with Crippen molar-refractivity contribution in [3.8, 4) is 0 Å². The molecule has 2 N–H and O–H groups in total. The van der Waals surface area contributed by atoms with Crippen molar-refractivity contribution in [2.75, 3.05) is 20.8 Å². The normalized spacial score (nSPS) is 30.2. The molecule has 0 spiro atoms. The zero-order valence-corrected chi connectivity index (χ0v) is 30.0. The summed E-state index contributed by atoms with van der Waals surface area (Å²) in [7, 11) is 3.32. The molecular weight excluding hydrogens is 614 g/mol. The summed E-state index contributed by atoms with van der Waals surface area (Å²) in [6.45, 7) is 5.96. The van der Waals surface area contributed by atoms with Crippen LogP contribution in [-0.2, 0) is 33.4 Å². The Hall–Kier alpha value is -2.40. The Morgan fingerprint density at radius 2 is 1.62 bits per heavy atom. The van der Waals surface area contributed by atoms with E-state index in [1.807, 2.05) is 13.0 Å². The van der Waals surface area contributed by atoms with Gasteiger partial charge in [0, 0.05) is 39.5 Å². The van der Waals surface area contributed by atoms with Crippen molar-refractivity contribution < 1.29 is 43.6 Å². The van der Waals surface area contributed by atoms with Gasteiger partial charge in [-0.15, -0.1) is 0 Å². The number of amides is 1. The monoisotopic (exact) mass is 675 g/mol. The second-order valence-corrected chi connectivity index (χ2v) is 14.5. The summed E-state index contributed by atoms with van der Waals surface area (Å²) in [4.78, 5) is 51.9. The van der Waals surface area contributed by atoms with E-state index in [0.717, 1.165) is 61.8 Å². The predicted octanol–water partition coefficient (Wildman–Crippen LogP) is 6.33. The molecule has 272 valence electrons. The highest BCUT2D eigenvalue weighted by atomic mass is 16.7. The molecule has 3 fully saturated rings. The van der Waals surface area contributed by atoms with Gasteiger partial charge in [-0.2, -0.15) is 0 Å². The molecule has 48 heavy (non-hydrogen) atoms. The Morgan fingerprint density at radius 1 is 0.917 bits per heavy atom. The molecule has 0 aromatic carbocycles. The predicted molar refractivity (Wildman–Crippen MR) is 183 cm³/mol. The number of hydrogen-bond acceptors (Lipinski definition) is 8. The first kappa shape index (κ1) is 40.0. The van der Waals surface area contributed by atoms with E-state index in [4.69, 9.17) is 14.2 Å². The average molecular weight is 676 g/mol. The number of carboxylic acids is 1. The van der Waals surface area contributed by atoms with Crippen LogP contribution in [0.2, 0.25) is 0 Å². The summed E-state index contributed by atoms with van der Waals surface area (Å²) < 4.78 is 17.0. The number of nitrogens with zero attached hydrogens (tertiary/aromatic N) is 1. The van der Waals surface area contributed by atoms with Crippen LogP contribution in [0.15, 0.2) is 23.3 Å². The third-order valence-electron chi connectivity index (χ3n) is 10.7. The molecule has 2 heterocycles.